The lowest BCUT2D eigenvalue weighted by atomic mass is 9.99. The van der Waals surface area contributed by atoms with E-state index in [1.807, 2.05) is 77.5 Å². The number of likely N-dealkylation sites (tertiary alicyclic amines) is 1. The van der Waals surface area contributed by atoms with E-state index in [1.165, 1.54) is 25.9 Å². The molecule has 0 atom stereocenters. The Bertz CT molecular complexity index is 1260. The summed E-state index contributed by atoms with van der Waals surface area (Å²) in [5, 5.41) is 11.5. The third-order valence-corrected chi connectivity index (χ3v) is 6.42. The van der Waals surface area contributed by atoms with Crippen molar-refractivity contribution in [3.05, 3.63) is 79.0 Å². The Labute approximate surface area is 205 Å². The molecule has 0 unspecified atom stereocenters. The molecule has 0 saturated carbocycles. The number of nitrogens with one attached hydrogen (secondary N) is 2. The van der Waals surface area contributed by atoms with E-state index in [4.69, 9.17) is 4.74 Å². The zero-order valence-corrected chi connectivity index (χ0v) is 20.0. The molecule has 4 aromatic rings. The first-order valence-electron chi connectivity index (χ1n) is 12.2. The largest absolute Gasteiger partial charge is 0.457 e. The third-order valence-electron chi connectivity index (χ3n) is 6.42. The summed E-state index contributed by atoms with van der Waals surface area (Å²) in [5.74, 6) is 2.32. The van der Waals surface area contributed by atoms with E-state index < -0.39 is 0 Å². The van der Waals surface area contributed by atoms with Crippen LogP contribution in [0.3, 0.4) is 0 Å². The minimum Gasteiger partial charge on any atom is -0.457 e. The summed E-state index contributed by atoms with van der Waals surface area (Å²) in [4.78, 5) is 15.0. The highest BCUT2D eigenvalue weighted by Gasteiger charge is 2.15. The predicted molar refractivity (Wildman–Crippen MR) is 140 cm³/mol. The zero-order valence-electron chi connectivity index (χ0n) is 20.0. The van der Waals surface area contributed by atoms with Crippen LogP contribution in [0.1, 0.15) is 19.8 Å². The van der Waals surface area contributed by atoms with Gasteiger partial charge in [-0.15, -0.1) is 0 Å². The van der Waals surface area contributed by atoms with Crippen molar-refractivity contribution in [2.45, 2.75) is 26.3 Å². The van der Waals surface area contributed by atoms with Crippen molar-refractivity contribution in [2.75, 3.05) is 30.3 Å². The maximum Gasteiger partial charge on any atom is 0.323 e. The zero-order chi connectivity index (χ0) is 24.0. The van der Waals surface area contributed by atoms with Gasteiger partial charge >= 0.3 is 6.03 Å². The summed E-state index contributed by atoms with van der Waals surface area (Å²) in [7, 11) is 0. The van der Waals surface area contributed by atoms with E-state index >= 15 is 0 Å². The van der Waals surface area contributed by atoms with Crippen molar-refractivity contribution < 1.29 is 9.53 Å². The predicted octanol–water partition coefficient (Wildman–Crippen LogP) is 6.20. The highest BCUT2D eigenvalue weighted by Crippen LogP contribution is 2.23. The number of hydrogen-bond acceptors (Lipinski definition) is 4. The molecule has 1 aromatic heterocycles. The van der Waals surface area contributed by atoms with Crippen LogP contribution in [0.2, 0.25) is 0 Å². The fraction of sp³-hybridized carbons (Fsp3) is 0.286. The standard InChI is InChI=1S/C28H31N5O2/c1-21-13-15-32(16-14-21)17-18-33-20-22-19-24(9-12-27(22)31-33)30-28(34)29-23-7-10-26(11-8-23)35-25-5-3-2-4-6-25/h2-12,19-21H,13-18H2,1H3,(H2,29,30,34). The first kappa shape index (κ1) is 22.9. The smallest absolute Gasteiger partial charge is 0.323 e. The highest BCUT2D eigenvalue weighted by atomic mass is 16.5. The first-order valence-corrected chi connectivity index (χ1v) is 12.2. The Kier molecular flexibility index (Phi) is 6.95. The quantitative estimate of drug-likeness (QED) is 0.338. The number of benzene rings is 3. The number of amides is 2. The van der Waals surface area contributed by atoms with Crippen LogP contribution in [0.25, 0.3) is 10.9 Å². The second-order valence-corrected chi connectivity index (χ2v) is 9.21. The number of fused-ring (bicyclic) bond motifs is 1. The molecule has 180 valence electrons. The van der Waals surface area contributed by atoms with Crippen LogP contribution in [0.15, 0.2) is 79.0 Å². The molecule has 35 heavy (non-hydrogen) atoms. The van der Waals surface area contributed by atoms with Gasteiger partial charge in [-0.05, 0) is 86.4 Å². The van der Waals surface area contributed by atoms with Gasteiger partial charge in [0.2, 0.25) is 0 Å². The second kappa shape index (κ2) is 10.6. The number of carbonyl (C=O) groups excluding carboxylic acids is 1. The van der Waals surface area contributed by atoms with Crippen LogP contribution in [-0.4, -0.2) is 40.3 Å². The van der Waals surface area contributed by atoms with Gasteiger partial charge < -0.3 is 20.3 Å². The number of carbonyl (C=O) groups is 1. The number of urea groups is 1. The monoisotopic (exact) mass is 469 g/mol. The molecule has 7 nitrogen and oxygen atoms in total. The number of hydrogen-bond donors (Lipinski definition) is 2. The van der Waals surface area contributed by atoms with Crippen LogP contribution in [0.4, 0.5) is 16.2 Å². The minimum absolute atomic E-state index is 0.298. The Morgan fingerprint density at radius 1 is 0.914 bits per heavy atom. The molecule has 2 N–H and O–H groups in total. The molecular formula is C28H31N5O2. The maximum atomic E-state index is 12.5. The molecule has 3 aromatic carbocycles. The highest BCUT2D eigenvalue weighted by molar-refractivity contribution is 6.00. The molecule has 0 radical (unpaired) electrons. The molecule has 1 aliphatic rings. The van der Waals surface area contributed by atoms with Crippen molar-refractivity contribution in [3.8, 4) is 11.5 Å². The van der Waals surface area contributed by atoms with Crippen LogP contribution in [0, 0.1) is 5.92 Å². The van der Waals surface area contributed by atoms with Crippen LogP contribution in [0.5, 0.6) is 11.5 Å². The van der Waals surface area contributed by atoms with Crippen LogP contribution >= 0.6 is 0 Å². The Hall–Kier alpha value is -3.84. The molecular weight excluding hydrogens is 438 g/mol. The lowest BCUT2D eigenvalue weighted by Gasteiger charge is -2.29. The Morgan fingerprint density at radius 2 is 1.60 bits per heavy atom. The number of piperidine rings is 1. The van der Waals surface area contributed by atoms with Gasteiger partial charge in [0.15, 0.2) is 0 Å². The molecule has 2 amide bonds. The molecule has 5 rings (SSSR count). The van der Waals surface area contributed by atoms with Gasteiger partial charge in [-0.2, -0.15) is 5.10 Å². The van der Waals surface area contributed by atoms with Gasteiger partial charge in [-0.25, -0.2) is 4.79 Å². The number of rotatable bonds is 7. The Morgan fingerprint density at radius 3 is 2.37 bits per heavy atom. The van der Waals surface area contributed by atoms with E-state index in [0.717, 1.165) is 41.3 Å². The number of anilines is 2. The molecule has 1 fully saturated rings. The van der Waals surface area contributed by atoms with Gasteiger partial charge in [0.05, 0.1) is 12.1 Å². The van der Waals surface area contributed by atoms with Crippen LogP contribution in [-0.2, 0) is 6.54 Å². The van der Waals surface area contributed by atoms with Gasteiger partial charge in [-0.1, -0.05) is 25.1 Å². The van der Waals surface area contributed by atoms with Gasteiger partial charge in [0.25, 0.3) is 0 Å². The molecule has 0 aliphatic carbocycles. The summed E-state index contributed by atoms with van der Waals surface area (Å²) in [5.41, 5.74) is 2.34. The molecule has 2 heterocycles. The van der Waals surface area contributed by atoms with E-state index in [9.17, 15) is 4.79 Å². The van der Waals surface area contributed by atoms with Crippen molar-refractivity contribution >= 4 is 28.3 Å². The second-order valence-electron chi connectivity index (χ2n) is 9.21. The lowest BCUT2D eigenvalue weighted by Crippen LogP contribution is -2.35. The third kappa shape index (κ3) is 6.19. The number of aromatic nitrogens is 2. The SMILES string of the molecule is CC1CCN(CCn2cc3cc(NC(=O)Nc4ccc(Oc5ccccc5)cc4)ccc3n2)CC1. The fourth-order valence-corrected chi connectivity index (χ4v) is 4.32. The summed E-state index contributed by atoms with van der Waals surface area (Å²) in [6.45, 7) is 6.57. The lowest BCUT2D eigenvalue weighted by molar-refractivity contribution is 0.184. The summed E-state index contributed by atoms with van der Waals surface area (Å²) >= 11 is 0. The van der Waals surface area contributed by atoms with E-state index in [-0.39, 0.29) is 6.03 Å². The van der Waals surface area contributed by atoms with E-state index in [1.54, 1.807) is 0 Å². The summed E-state index contributed by atoms with van der Waals surface area (Å²) < 4.78 is 7.80. The molecule has 1 saturated heterocycles. The van der Waals surface area contributed by atoms with Gasteiger partial charge in [-0.3, -0.25) is 4.68 Å². The van der Waals surface area contributed by atoms with E-state index in [2.05, 4.69) is 33.8 Å². The summed E-state index contributed by atoms with van der Waals surface area (Å²) in [6.07, 6.45) is 4.62. The summed E-state index contributed by atoms with van der Waals surface area (Å²) in [6, 6.07) is 22.3. The number of ether oxygens (including phenoxy) is 1. The minimum atomic E-state index is -0.298. The van der Waals surface area contributed by atoms with E-state index in [0.29, 0.717) is 11.4 Å². The van der Waals surface area contributed by atoms with Crippen molar-refractivity contribution in [1.29, 1.82) is 0 Å². The van der Waals surface area contributed by atoms with Crippen molar-refractivity contribution in [2.24, 2.45) is 5.92 Å². The molecule has 1 aliphatic heterocycles. The number of nitrogens with zero attached hydrogens (tertiary/aromatic N) is 3. The van der Waals surface area contributed by atoms with Crippen LogP contribution < -0.4 is 15.4 Å². The topological polar surface area (TPSA) is 71.4 Å². The number of para-hydroxylation sites is 1. The van der Waals surface area contributed by atoms with Crippen molar-refractivity contribution in [1.82, 2.24) is 14.7 Å². The molecule has 0 spiro atoms. The molecule has 0 bridgehead atoms. The van der Waals surface area contributed by atoms with Gasteiger partial charge in [0, 0.05) is 29.5 Å². The maximum absolute atomic E-state index is 12.5. The fourth-order valence-electron chi connectivity index (χ4n) is 4.32. The Balaban J connectivity index is 1.14. The molecule has 7 heteroatoms. The van der Waals surface area contributed by atoms with Crippen molar-refractivity contribution in [3.63, 3.8) is 0 Å². The average Bonchev–Trinajstić information content (AvgIpc) is 3.28. The normalized spacial score (nSPS) is 14.7. The first-order chi connectivity index (χ1) is 17.1. The van der Waals surface area contributed by atoms with Gasteiger partial charge in [0.1, 0.15) is 11.5 Å². The average molecular weight is 470 g/mol.